The smallest absolute Gasteiger partial charge is 0.396 e. The van der Waals surface area contributed by atoms with E-state index in [1.165, 1.54) is 0 Å². The number of hydrogen-bond acceptors (Lipinski definition) is 5. The number of anilines is 3. The molecular weight excluding hydrogens is 333 g/mol. The normalized spacial score (nSPS) is 11.3. The minimum atomic E-state index is -4.60. The van der Waals surface area contributed by atoms with Crippen LogP contribution in [0.2, 0.25) is 5.02 Å². The Balaban J connectivity index is 2.28. The van der Waals surface area contributed by atoms with E-state index in [0.29, 0.717) is 17.1 Å². The number of rotatable bonds is 6. The molecule has 1 aromatic heterocycles. The van der Waals surface area contributed by atoms with E-state index in [1.807, 2.05) is 0 Å². The van der Waals surface area contributed by atoms with E-state index in [0.717, 1.165) is 6.07 Å². The van der Waals surface area contributed by atoms with Gasteiger partial charge in [0.05, 0.1) is 0 Å². The summed E-state index contributed by atoms with van der Waals surface area (Å²) >= 11 is 5.84. The van der Waals surface area contributed by atoms with Gasteiger partial charge in [-0.25, -0.2) is 4.98 Å². The second-order valence-corrected chi connectivity index (χ2v) is 5.04. The molecular formula is C14H14ClF3N4O. The van der Waals surface area contributed by atoms with Crippen LogP contribution in [0.1, 0.15) is 12.1 Å². The third kappa shape index (κ3) is 5.26. The van der Waals surface area contributed by atoms with E-state index in [9.17, 15) is 13.2 Å². The Morgan fingerprint density at radius 1 is 1.17 bits per heavy atom. The predicted octanol–water partition coefficient (Wildman–Crippen LogP) is 3.69. The van der Waals surface area contributed by atoms with Crippen LogP contribution in [0, 0.1) is 0 Å². The molecule has 0 bridgehead atoms. The van der Waals surface area contributed by atoms with E-state index >= 15 is 0 Å². The van der Waals surface area contributed by atoms with E-state index in [2.05, 4.69) is 20.6 Å². The number of hydrogen-bond donors (Lipinski definition) is 3. The first-order chi connectivity index (χ1) is 10.9. The number of aromatic nitrogens is 2. The molecule has 0 unspecified atom stereocenters. The van der Waals surface area contributed by atoms with Crippen molar-refractivity contribution in [2.24, 2.45) is 0 Å². The molecule has 2 aromatic rings. The van der Waals surface area contributed by atoms with Crippen molar-refractivity contribution in [2.75, 3.05) is 23.8 Å². The quantitative estimate of drug-likeness (QED) is 0.696. The van der Waals surface area contributed by atoms with E-state index in [1.54, 1.807) is 24.3 Å². The highest BCUT2D eigenvalue weighted by molar-refractivity contribution is 6.30. The van der Waals surface area contributed by atoms with Crippen LogP contribution in [-0.4, -0.2) is 28.2 Å². The van der Waals surface area contributed by atoms with Gasteiger partial charge in [0.25, 0.3) is 0 Å². The molecule has 0 aliphatic carbocycles. The van der Waals surface area contributed by atoms with Crippen LogP contribution < -0.4 is 10.6 Å². The van der Waals surface area contributed by atoms with Crippen molar-refractivity contribution >= 4 is 29.1 Å². The van der Waals surface area contributed by atoms with Gasteiger partial charge in [-0.15, -0.1) is 0 Å². The lowest BCUT2D eigenvalue weighted by molar-refractivity contribution is -0.141. The summed E-state index contributed by atoms with van der Waals surface area (Å²) in [4.78, 5) is 7.43. The summed E-state index contributed by atoms with van der Waals surface area (Å²) in [7, 11) is 0. The number of nitrogens with zero attached hydrogens (tertiary/aromatic N) is 2. The third-order valence-corrected chi connectivity index (χ3v) is 2.97. The van der Waals surface area contributed by atoms with Crippen LogP contribution in [0.25, 0.3) is 0 Å². The van der Waals surface area contributed by atoms with Gasteiger partial charge < -0.3 is 15.7 Å². The first-order valence-electron chi connectivity index (χ1n) is 6.72. The van der Waals surface area contributed by atoms with Crippen molar-refractivity contribution in [2.45, 2.75) is 12.6 Å². The standard InChI is InChI=1S/C14H14ClF3N4O/c15-9-3-1-4-10(7-9)20-12-8-11(14(16,17)18)21-13(22-12)19-5-2-6-23/h1,3-4,7-8,23H,2,5-6H2,(H2,19,20,21,22). The lowest BCUT2D eigenvalue weighted by Crippen LogP contribution is -2.14. The summed E-state index contributed by atoms with van der Waals surface area (Å²) in [6, 6.07) is 7.35. The number of aliphatic hydroxyl groups excluding tert-OH is 1. The van der Waals surface area contributed by atoms with Crippen molar-refractivity contribution in [1.82, 2.24) is 9.97 Å². The second-order valence-electron chi connectivity index (χ2n) is 4.60. The monoisotopic (exact) mass is 346 g/mol. The van der Waals surface area contributed by atoms with Gasteiger partial charge in [0.2, 0.25) is 5.95 Å². The summed E-state index contributed by atoms with van der Waals surface area (Å²) < 4.78 is 38.8. The number of nitrogens with one attached hydrogen (secondary N) is 2. The highest BCUT2D eigenvalue weighted by atomic mass is 35.5. The molecule has 0 aliphatic heterocycles. The van der Waals surface area contributed by atoms with E-state index in [4.69, 9.17) is 16.7 Å². The summed E-state index contributed by atoms with van der Waals surface area (Å²) in [5.74, 6) is -0.182. The molecule has 1 aromatic carbocycles. The molecule has 0 saturated heterocycles. The fraction of sp³-hybridized carbons (Fsp3) is 0.286. The highest BCUT2D eigenvalue weighted by Gasteiger charge is 2.33. The van der Waals surface area contributed by atoms with Crippen molar-refractivity contribution in [3.05, 3.63) is 41.0 Å². The molecule has 124 valence electrons. The molecule has 5 nitrogen and oxygen atoms in total. The fourth-order valence-corrected chi connectivity index (χ4v) is 1.92. The molecule has 0 aliphatic rings. The summed E-state index contributed by atoms with van der Waals surface area (Å²) in [5, 5.41) is 14.6. The second kappa shape index (κ2) is 7.47. The highest BCUT2D eigenvalue weighted by Crippen LogP contribution is 2.30. The molecule has 2 rings (SSSR count). The SMILES string of the molecule is OCCCNc1nc(Nc2cccc(Cl)c2)cc(C(F)(F)F)n1. The van der Waals surface area contributed by atoms with Crippen LogP contribution in [-0.2, 0) is 6.18 Å². The topological polar surface area (TPSA) is 70.1 Å². The molecule has 0 fully saturated rings. The molecule has 0 radical (unpaired) electrons. The Kier molecular flexibility index (Phi) is 5.62. The Morgan fingerprint density at radius 2 is 1.96 bits per heavy atom. The van der Waals surface area contributed by atoms with Crippen LogP contribution in [0.15, 0.2) is 30.3 Å². The Bertz CT molecular complexity index is 667. The maximum Gasteiger partial charge on any atom is 0.433 e. The lowest BCUT2D eigenvalue weighted by Gasteiger charge is -2.12. The largest absolute Gasteiger partial charge is 0.433 e. The lowest BCUT2D eigenvalue weighted by atomic mass is 10.3. The van der Waals surface area contributed by atoms with Gasteiger partial charge in [0.15, 0.2) is 5.69 Å². The van der Waals surface area contributed by atoms with Crippen molar-refractivity contribution in [1.29, 1.82) is 0 Å². The summed E-state index contributed by atoms with van der Waals surface area (Å²) in [6.45, 7) is 0.175. The molecule has 0 amide bonds. The minimum Gasteiger partial charge on any atom is -0.396 e. The zero-order valence-electron chi connectivity index (χ0n) is 11.9. The van der Waals surface area contributed by atoms with Crippen LogP contribution >= 0.6 is 11.6 Å². The molecule has 23 heavy (non-hydrogen) atoms. The van der Waals surface area contributed by atoms with Crippen LogP contribution in [0.5, 0.6) is 0 Å². The zero-order valence-corrected chi connectivity index (χ0v) is 12.6. The van der Waals surface area contributed by atoms with Crippen molar-refractivity contribution in [3.63, 3.8) is 0 Å². The van der Waals surface area contributed by atoms with Gasteiger partial charge in [-0.3, -0.25) is 0 Å². The Morgan fingerprint density at radius 3 is 2.61 bits per heavy atom. The number of halogens is 4. The molecule has 0 saturated carbocycles. The molecule has 0 spiro atoms. The van der Waals surface area contributed by atoms with Gasteiger partial charge in [-0.1, -0.05) is 17.7 Å². The number of benzene rings is 1. The first kappa shape index (κ1) is 17.3. The van der Waals surface area contributed by atoms with Gasteiger partial charge in [-0.05, 0) is 24.6 Å². The van der Waals surface area contributed by atoms with Gasteiger partial charge in [-0.2, -0.15) is 18.2 Å². The average molecular weight is 347 g/mol. The third-order valence-electron chi connectivity index (χ3n) is 2.73. The van der Waals surface area contributed by atoms with Crippen LogP contribution in [0.4, 0.5) is 30.6 Å². The molecule has 9 heteroatoms. The fourth-order valence-electron chi connectivity index (χ4n) is 1.73. The average Bonchev–Trinajstić information content (AvgIpc) is 2.46. The van der Waals surface area contributed by atoms with Gasteiger partial charge in [0, 0.05) is 29.9 Å². The summed E-state index contributed by atoms with van der Waals surface area (Å²) in [6.07, 6.45) is -4.22. The maximum absolute atomic E-state index is 12.9. The van der Waals surface area contributed by atoms with Gasteiger partial charge in [0.1, 0.15) is 5.82 Å². The predicted molar refractivity (Wildman–Crippen MR) is 82.0 cm³/mol. The molecule has 3 N–H and O–H groups in total. The van der Waals surface area contributed by atoms with Crippen molar-refractivity contribution < 1.29 is 18.3 Å². The van der Waals surface area contributed by atoms with Gasteiger partial charge >= 0.3 is 6.18 Å². The molecule has 1 heterocycles. The minimum absolute atomic E-state index is 0.0129. The maximum atomic E-state index is 12.9. The van der Waals surface area contributed by atoms with E-state index < -0.39 is 11.9 Å². The summed E-state index contributed by atoms with van der Waals surface area (Å²) in [5.41, 5.74) is -0.561. The van der Waals surface area contributed by atoms with Crippen molar-refractivity contribution in [3.8, 4) is 0 Å². The zero-order chi connectivity index (χ0) is 16.9. The number of aliphatic hydroxyl groups is 1. The Hall–Kier alpha value is -2.06. The molecule has 0 atom stereocenters. The van der Waals surface area contributed by atoms with Crippen LogP contribution in [0.3, 0.4) is 0 Å². The Labute approximate surface area is 135 Å². The first-order valence-corrected chi connectivity index (χ1v) is 7.10. The number of alkyl halides is 3. The van der Waals surface area contributed by atoms with E-state index in [-0.39, 0.29) is 24.9 Å².